The molecule has 1 aromatic carbocycles. The molecular formula is C19H29N. The van der Waals surface area contributed by atoms with E-state index >= 15 is 0 Å². The molecule has 20 heavy (non-hydrogen) atoms. The van der Waals surface area contributed by atoms with Crippen LogP contribution >= 0.6 is 0 Å². The first-order valence-corrected chi connectivity index (χ1v) is 8.68. The summed E-state index contributed by atoms with van der Waals surface area (Å²) < 4.78 is 0. The van der Waals surface area contributed by atoms with Crippen molar-refractivity contribution >= 4 is 0 Å². The van der Waals surface area contributed by atoms with Gasteiger partial charge in [0.1, 0.15) is 0 Å². The molecule has 110 valence electrons. The Labute approximate surface area is 124 Å². The van der Waals surface area contributed by atoms with Gasteiger partial charge >= 0.3 is 0 Å². The van der Waals surface area contributed by atoms with Crippen molar-refractivity contribution in [3.05, 3.63) is 35.4 Å². The van der Waals surface area contributed by atoms with Gasteiger partial charge in [-0.25, -0.2) is 0 Å². The lowest BCUT2D eigenvalue weighted by Gasteiger charge is -2.31. The largest absolute Gasteiger partial charge is 0.313 e. The normalized spacial score (nSPS) is 29.4. The molecule has 2 aliphatic carbocycles. The zero-order valence-corrected chi connectivity index (χ0v) is 12.9. The van der Waals surface area contributed by atoms with E-state index in [1.807, 2.05) is 0 Å². The second kappa shape index (κ2) is 6.76. The average Bonchev–Trinajstić information content (AvgIpc) is 2.66. The molecule has 1 aromatic rings. The second-order valence-corrected chi connectivity index (χ2v) is 6.87. The maximum absolute atomic E-state index is 3.87. The van der Waals surface area contributed by atoms with Crippen molar-refractivity contribution in [3.63, 3.8) is 0 Å². The maximum atomic E-state index is 3.87. The number of hydrogen-bond acceptors (Lipinski definition) is 1. The Morgan fingerprint density at radius 2 is 2.00 bits per heavy atom. The molecule has 0 bridgehead atoms. The van der Waals surface area contributed by atoms with Crippen molar-refractivity contribution in [1.29, 1.82) is 0 Å². The molecule has 1 saturated carbocycles. The Hall–Kier alpha value is -0.820. The Balaban J connectivity index is 1.43. The van der Waals surface area contributed by atoms with Crippen molar-refractivity contribution in [3.8, 4) is 0 Å². The van der Waals surface area contributed by atoms with Gasteiger partial charge in [-0.2, -0.15) is 0 Å². The molecule has 0 aromatic heterocycles. The molecule has 1 heteroatoms. The van der Waals surface area contributed by atoms with E-state index in [2.05, 4.69) is 36.5 Å². The van der Waals surface area contributed by atoms with Gasteiger partial charge in [-0.15, -0.1) is 0 Å². The standard InChI is InChI=1S/C19H29N/c1-2-6-15-7-5-9-18(12-11-15)20-14-17-13-16-8-3-4-10-19(16)17/h3-4,8,10,15,17-18,20H,2,5-7,9,11-14H2,1H3. The van der Waals surface area contributed by atoms with E-state index < -0.39 is 0 Å². The molecule has 1 N–H and O–H groups in total. The third-order valence-electron chi connectivity index (χ3n) is 5.40. The summed E-state index contributed by atoms with van der Waals surface area (Å²) in [5.41, 5.74) is 3.17. The second-order valence-electron chi connectivity index (χ2n) is 6.87. The van der Waals surface area contributed by atoms with Crippen molar-refractivity contribution in [2.75, 3.05) is 6.54 Å². The Bertz CT molecular complexity index is 426. The zero-order valence-electron chi connectivity index (χ0n) is 12.9. The van der Waals surface area contributed by atoms with Crippen LogP contribution in [0, 0.1) is 5.92 Å². The number of fused-ring (bicyclic) bond motifs is 1. The summed E-state index contributed by atoms with van der Waals surface area (Å²) in [6.07, 6.45) is 11.3. The monoisotopic (exact) mass is 271 g/mol. The summed E-state index contributed by atoms with van der Waals surface area (Å²) in [6, 6.07) is 9.74. The SMILES string of the molecule is CCCC1CCCC(NCC2Cc3ccccc32)CC1. The third-order valence-corrected chi connectivity index (χ3v) is 5.40. The van der Waals surface area contributed by atoms with Crippen LogP contribution in [0.1, 0.15) is 68.9 Å². The number of benzene rings is 1. The fourth-order valence-corrected chi connectivity index (χ4v) is 4.13. The molecule has 0 spiro atoms. The van der Waals surface area contributed by atoms with Crippen molar-refractivity contribution in [1.82, 2.24) is 5.32 Å². The Morgan fingerprint density at radius 1 is 1.10 bits per heavy atom. The van der Waals surface area contributed by atoms with Crippen LogP contribution in [0.5, 0.6) is 0 Å². The molecule has 0 heterocycles. The first-order valence-electron chi connectivity index (χ1n) is 8.68. The highest BCUT2D eigenvalue weighted by atomic mass is 14.9. The Kier molecular flexibility index (Phi) is 4.77. The van der Waals surface area contributed by atoms with Crippen LogP contribution in [0.2, 0.25) is 0 Å². The van der Waals surface area contributed by atoms with Crippen LogP contribution < -0.4 is 5.32 Å². The molecule has 0 aliphatic heterocycles. The zero-order chi connectivity index (χ0) is 13.8. The van der Waals surface area contributed by atoms with E-state index in [1.165, 1.54) is 57.9 Å². The van der Waals surface area contributed by atoms with Gasteiger partial charge in [0.05, 0.1) is 0 Å². The van der Waals surface area contributed by atoms with E-state index in [0.29, 0.717) is 0 Å². The summed E-state index contributed by atoms with van der Waals surface area (Å²) in [4.78, 5) is 0. The van der Waals surface area contributed by atoms with E-state index in [4.69, 9.17) is 0 Å². The minimum atomic E-state index is 0.779. The van der Waals surface area contributed by atoms with Gasteiger partial charge < -0.3 is 5.32 Å². The lowest BCUT2D eigenvalue weighted by molar-refractivity contribution is 0.400. The van der Waals surface area contributed by atoms with E-state index in [9.17, 15) is 0 Å². The number of rotatable bonds is 5. The van der Waals surface area contributed by atoms with Crippen LogP contribution in [-0.2, 0) is 6.42 Å². The van der Waals surface area contributed by atoms with Crippen LogP contribution in [0.3, 0.4) is 0 Å². The molecule has 0 radical (unpaired) electrons. The predicted molar refractivity (Wildman–Crippen MR) is 86.2 cm³/mol. The van der Waals surface area contributed by atoms with Gasteiger partial charge in [0.15, 0.2) is 0 Å². The predicted octanol–water partition coefficient (Wildman–Crippen LogP) is 4.66. The van der Waals surface area contributed by atoms with Crippen LogP contribution in [-0.4, -0.2) is 12.6 Å². The fourth-order valence-electron chi connectivity index (χ4n) is 4.13. The number of nitrogens with one attached hydrogen (secondary N) is 1. The third kappa shape index (κ3) is 3.25. The van der Waals surface area contributed by atoms with Gasteiger partial charge in [0.25, 0.3) is 0 Å². The van der Waals surface area contributed by atoms with Crippen molar-refractivity contribution in [2.45, 2.75) is 70.3 Å². The van der Waals surface area contributed by atoms with Crippen LogP contribution in [0.4, 0.5) is 0 Å². The van der Waals surface area contributed by atoms with Gasteiger partial charge in [-0.05, 0) is 42.7 Å². The van der Waals surface area contributed by atoms with E-state index in [0.717, 1.165) is 17.9 Å². The summed E-state index contributed by atoms with van der Waals surface area (Å²) in [5, 5.41) is 3.87. The van der Waals surface area contributed by atoms with Crippen molar-refractivity contribution in [2.24, 2.45) is 5.92 Å². The topological polar surface area (TPSA) is 12.0 Å². The molecule has 0 saturated heterocycles. The molecule has 1 nitrogen and oxygen atoms in total. The first-order chi connectivity index (χ1) is 9.86. The smallest absolute Gasteiger partial charge is 0.00674 e. The molecule has 1 fully saturated rings. The molecular weight excluding hydrogens is 242 g/mol. The van der Waals surface area contributed by atoms with Gasteiger partial charge in [0.2, 0.25) is 0 Å². The summed E-state index contributed by atoms with van der Waals surface area (Å²) >= 11 is 0. The molecule has 3 atom stereocenters. The summed E-state index contributed by atoms with van der Waals surface area (Å²) in [6.45, 7) is 3.52. The molecule has 0 amide bonds. The van der Waals surface area contributed by atoms with E-state index in [-0.39, 0.29) is 0 Å². The molecule has 3 unspecified atom stereocenters. The quantitative estimate of drug-likeness (QED) is 0.768. The highest BCUT2D eigenvalue weighted by molar-refractivity contribution is 5.40. The van der Waals surface area contributed by atoms with E-state index in [1.54, 1.807) is 11.1 Å². The fraction of sp³-hybridized carbons (Fsp3) is 0.684. The van der Waals surface area contributed by atoms with Crippen LogP contribution in [0.15, 0.2) is 24.3 Å². The summed E-state index contributed by atoms with van der Waals surface area (Å²) in [7, 11) is 0. The van der Waals surface area contributed by atoms with Gasteiger partial charge in [0, 0.05) is 18.5 Å². The van der Waals surface area contributed by atoms with Gasteiger partial charge in [-0.1, -0.05) is 56.9 Å². The van der Waals surface area contributed by atoms with Gasteiger partial charge in [-0.3, -0.25) is 0 Å². The highest BCUT2D eigenvalue weighted by Gasteiger charge is 2.26. The minimum Gasteiger partial charge on any atom is -0.313 e. The highest BCUT2D eigenvalue weighted by Crippen LogP contribution is 2.34. The Morgan fingerprint density at radius 3 is 2.85 bits per heavy atom. The molecule has 2 aliphatic rings. The lowest BCUT2D eigenvalue weighted by atomic mass is 9.77. The molecule has 3 rings (SSSR count). The van der Waals surface area contributed by atoms with Crippen LogP contribution in [0.25, 0.3) is 0 Å². The maximum Gasteiger partial charge on any atom is 0.00674 e. The first kappa shape index (κ1) is 14.1. The lowest BCUT2D eigenvalue weighted by Crippen LogP contribution is -2.35. The average molecular weight is 271 g/mol. The van der Waals surface area contributed by atoms with Crippen molar-refractivity contribution < 1.29 is 0 Å². The summed E-state index contributed by atoms with van der Waals surface area (Å²) in [5.74, 6) is 1.79. The number of hydrogen-bond donors (Lipinski definition) is 1. The minimum absolute atomic E-state index is 0.779.